The van der Waals surface area contributed by atoms with Crippen LogP contribution in [0.2, 0.25) is 0 Å². The average molecular weight is 820 g/mol. The Balaban J connectivity index is 3.52. The van der Waals surface area contributed by atoms with Gasteiger partial charge in [0.05, 0.1) is 25.4 Å². The van der Waals surface area contributed by atoms with Crippen LogP contribution in [-0.4, -0.2) is 47.4 Å². The highest BCUT2D eigenvalue weighted by molar-refractivity contribution is 5.76. The highest BCUT2D eigenvalue weighted by Crippen LogP contribution is 2.17. The number of allylic oxidation sites excluding steroid dienone is 2. The van der Waals surface area contributed by atoms with Gasteiger partial charge in [-0.2, -0.15) is 0 Å². The first-order chi connectivity index (χ1) is 28.5. The number of hydrogen-bond acceptors (Lipinski definition) is 5. The number of amides is 1. The molecule has 0 aliphatic rings. The molecule has 0 saturated carbocycles. The van der Waals surface area contributed by atoms with Crippen molar-refractivity contribution in [3.8, 4) is 0 Å². The molecule has 6 nitrogen and oxygen atoms in total. The van der Waals surface area contributed by atoms with Crippen LogP contribution in [0.3, 0.4) is 0 Å². The Morgan fingerprint density at radius 3 is 1.26 bits per heavy atom. The summed E-state index contributed by atoms with van der Waals surface area (Å²) in [5.74, 6) is -0.125. The minimum atomic E-state index is -0.694. The topological polar surface area (TPSA) is 95.9 Å². The number of ether oxygens (including phenoxy) is 1. The van der Waals surface area contributed by atoms with Gasteiger partial charge in [0.15, 0.2) is 0 Å². The van der Waals surface area contributed by atoms with Gasteiger partial charge < -0.3 is 20.3 Å². The second kappa shape index (κ2) is 48.3. The fraction of sp³-hybridized carbons (Fsp3) is 0.923. The molecule has 0 bridgehead atoms. The molecule has 0 aliphatic heterocycles. The van der Waals surface area contributed by atoms with Crippen molar-refractivity contribution < 1.29 is 24.5 Å². The van der Waals surface area contributed by atoms with Crippen molar-refractivity contribution in [2.24, 2.45) is 0 Å². The minimum absolute atomic E-state index is 0.0323. The van der Waals surface area contributed by atoms with Gasteiger partial charge in [0.2, 0.25) is 5.91 Å². The lowest BCUT2D eigenvalue weighted by Crippen LogP contribution is -2.45. The Bertz CT molecular complexity index is 863. The van der Waals surface area contributed by atoms with E-state index in [0.717, 1.165) is 70.6 Å². The van der Waals surface area contributed by atoms with Gasteiger partial charge in [0, 0.05) is 12.8 Å². The van der Waals surface area contributed by atoms with E-state index in [1.54, 1.807) is 0 Å². The van der Waals surface area contributed by atoms with Crippen molar-refractivity contribution in [3.63, 3.8) is 0 Å². The Kier molecular flexibility index (Phi) is 47.1. The maximum Gasteiger partial charge on any atom is 0.305 e. The molecule has 0 radical (unpaired) electrons. The van der Waals surface area contributed by atoms with Gasteiger partial charge in [-0.05, 0) is 44.9 Å². The molecule has 0 saturated heterocycles. The van der Waals surface area contributed by atoms with Gasteiger partial charge in [0.1, 0.15) is 0 Å². The standard InChI is InChI=1S/C52H101NO5/c1-3-5-7-9-11-13-15-17-19-20-22-23-25-28-32-36-40-44-50(55)49(48-54)53-51(56)45-41-37-33-29-27-31-35-39-43-47-58-52(57)46-42-38-34-30-26-24-21-18-16-14-12-10-8-6-4-2/h29,33,49-50,54-55H,3-28,30-32,34-48H2,1-2H3,(H,53,56)/b33-29-. The zero-order chi connectivity index (χ0) is 42.3. The zero-order valence-corrected chi connectivity index (χ0v) is 39.0. The molecule has 0 heterocycles. The Morgan fingerprint density at radius 1 is 0.466 bits per heavy atom. The third kappa shape index (κ3) is 44.2. The maximum absolute atomic E-state index is 12.4. The number of carbonyl (C=O) groups is 2. The molecule has 0 rings (SSSR count). The van der Waals surface area contributed by atoms with E-state index < -0.39 is 12.1 Å². The number of carbonyl (C=O) groups excluding carboxylic acids is 2. The maximum atomic E-state index is 12.4. The van der Waals surface area contributed by atoms with Crippen LogP contribution in [0.15, 0.2) is 12.2 Å². The van der Waals surface area contributed by atoms with Crippen molar-refractivity contribution in [2.75, 3.05) is 13.2 Å². The summed E-state index contributed by atoms with van der Waals surface area (Å²) in [6.07, 6.45) is 54.7. The molecule has 1 amide bonds. The van der Waals surface area contributed by atoms with Crippen molar-refractivity contribution in [2.45, 2.75) is 296 Å². The van der Waals surface area contributed by atoms with Crippen molar-refractivity contribution >= 4 is 11.9 Å². The number of aliphatic hydroxyl groups excluding tert-OH is 2. The summed E-state index contributed by atoms with van der Waals surface area (Å²) in [4.78, 5) is 24.5. The molecule has 0 aromatic heterocycles. The van der Waals surface area contributed by atoms with E-state index in [-0.39, 0.29) is 18.5 Å². The van der Waals surface area contributed by atoms with Crippen molar-refractivity contribution in [1.29, 1.82) is 0 Å². The fourth-order valence-corrected chi connectivity index (χ4v) is 8.05. The smallest absolute Gasteiger partial charge is 0.305 e. The van der Waals surface area contributed by atoms with Crippen LogP contribution < -0.4 is 5.32 Å². The predicted octanol–water partition coefficient (Wildman–Crippen LogP) is 15.3. The first kappa shape index (κ1) is 56.6. The summed E-state index contributed by atoms with van der Waals surface area (Å²) in [6, 6.07) is -0.577. The van der Waals surface area contributed by atoms with Gasteiger partial charge in [-0.3, -0.25) is 9.59 Å². The summed E-state index contributed by atoms with van der Waals surface area (Å²) < 4.78 is 5.44. The first-order valence-electron chi connectivity index (χ1n) is 25.9. The van der Waals surface area contributed by atoms with E-state index in [4.69, 9.17) is 4.74 Å². The Labute approximate surface area is 361 Å². The first-order valence-corrected chi connectivity index (χ1v) is 25.9. The van der Waals surface area contributed by atoms with Crippen LogP contribution in [0, 0.1) is 0 Å². The molecule has 0 spiro atoms. The summed E-state index contributed by atoms with van der Waals surface area (Å²) >= 11 is 0. The molecule has 0 aromatic rings. The average Bonchev–Trinajstić information content (AvgIpc) is 3.22. The lowest BCUT2D eigenvalue weighted by molar-refractivity contribution is -0.143. The zero-order valence-electron chi connectivity index (χ0n) is 39.0. The van der Waals surface area contributed by atoms with Crippen molar-refractivity contribution in [1.82, 2.24) is 5.32 Å². The summed E-state index contributed by atoms with van der Waals surface area (Å²) in [5, 5.41) is 23.2. The lowest BCUT2D eigenvalue weighted by atomic mass is 10.0. The number of unbranched alkanes of at least 4 members (excludes halogenated alkanes) is 35. The number of aliphatic hydroxyl groups is 2. The molecule has 3 N–H and O–H groups in total. The van der Waals surface area contributed by atoms with Crippen LogP contribution >= 0.6 is 0 Å². The second-order valence-electron chi connectivity index (χ2n) is 17.9. The summed E-state index contributed by atoms with van der Waals surface area (Å²) in [7, 11) is 0. The molecular weight excluding hydrogens is 719 g/mol. The third-order valence-corrected chi connectivity index (χ3v) is 12.1. The third-order valence-electron chi connectivity index (χ3n) is 12.1. The molecular formula is C52H101NO5. The van der Waals surface area contributed by atoms with E-state index in [1.165, 1.54) is 180 Å². The molecule has 2 atom stereocenters. The van der Waals surface area contributed by atoms with Crippen LogP contribution in [0.5, 0.6) is 0 Å². The minimum Gasteiger partial charge on any atom is -0.466 e. The summed E-state index contributed by atoms with van der Waals surface area (Å²) in [5.41, 5.74) is 0. The molecule has 344 valence electrons. The fourth-order valence-electron chi connectivity index (χ4n) is 8.05. The molecule has 2 unspecified atom stereocenters. The monoisotopic (exact) mass is 820 g/mol. The van der Waals surface area contributed by atoms with E-state index in [2.05, 4.69) is 31.3 Å². The van der Waals surface area contributed by atoms with Gasteiger partial charge in [-0.15, -0.1) is 0 Å². The molecule has 0 fully saturated rings. The van der Waals surface area contributed by atoms with Crippen LogP contribution in [0.4, 0.5) is 0 Å². The highest BCUT2D eigenvalue weighted by Gasteiger charge is 2.20. The second-order valence-corrected chi connectivity index (χ2v) is 17.9. The number of esters is 1. The summed E-state index contributed by atoms with van der Waals surface area (Å²) in [6.45, 7) is 4.88. The van der Waals surface area contributed by atoms with Gasteiger partial charge in [-0.25, -0.2) is 0 Å². The van der Waals surface area contributed by atoms with Crippen molar-refractivity contribution in [3.05, 3.63) is 12.2 Å². The predicted molar refractivity (Wildman–Crippen MR) is 250 cm³/mol. The molecule has 58 heavy (non-hydrogen) atoms. The van der Waals surface area contributed by atoms with E-state index in [0.29, 0.717) is 25.9 Å². The molecule has 6 heteroatoms. The van der Waals surface area contributed by atoms with Crippen LogP contribution in [-0.2, 0) is 14.3 Å². The van der Waals surface area contributed by atoms with Gasteiger partial charge >= 0.3 is 5.97 Å². The lowest BCUT2D eigenvalue weighted by Gasteiger charge is -2.22. The molecule has 0 aromatic carbocycles. The Hall–Kier alpha value is -1.40. The molecule has 0 aliphatic carbocycles. The van der Waals surface area contributed by atoms with E-state index >= 15 is 0 Å². The quantitative estimate of drug-likeness (QED) is 0.0323. The number of nitrogens with one attached hydrogen (secondary N) is 1. The van der Waals surface area contributed by atoms with Crippen LogP contribution in [0.25, 0.3) is 0 Å². The van der Waals surface area contributed by atoms with Crippen LogP contribution in [0.1, 0.15) is 284 Å². The number of rotatable bonds is 48. The number of hydrogen-bond donors (Lipinski definition) is 3. The normalized spacial score (nSPS) is 12.7. The largest absolute Gasteiger partial charge is 0.466 e. The van der Waals surface area contributed by atoms with Gasteiger partial charge in [-0.1, -0.05) is 238 Å². The van der Waals surface area contributed by atoms with E-state index in [9.17, 15) is 19.8 Å². The van der Waals surface area contributed by atoms with E-state index in [1.807, 2.05) is 0 Å². The Morgan fingerprint density at radius 2 is 0.828 bits per heavy atom. The highest BCUT2D eigenvalue weighted by atomic mass is 16.5. The SMILES string of the molecule is CCCCCCCCCCCCCCCCCCCC(O)C(CO)NC(=O)CCC/C=C\CCCCCCOC(=O)CCCCCCCCCCCCCCCCC. The van der Waals surface area contributed by atoms with Gasteiger partial charge in [0.25, 0.3) is 0 Å².